The smallest absolute Gasteiger partial charge is 0.410 e. The molecule has 0 saturated heterocycles. The molecule has 28 heavy (non-hydrogen) atoms. The van der Waals surface area contributed by atoms with E-state index in [-0.39, 0.29) is 5.92 Å². The Bertz CT molecular complexity index is 845. The standard InChI is InChI=1S/C24H24N2O2/c1-3-16-25(17-4-2)22-12-10-20(11-13-22)21-14-18-26(19-15-21)24(27)28-23-8-6-5-7-9-23/h3-15,18-19,21H,1-2,16-17H2. The lowest BCUT2D eigenvalue weighted by Gasteiger charge is -2.23. The van der Waals surface area contributed by atoms with Crippen molar-refractivity contribution in [2.75, 3.05) is 18.0 Å². The number of allylic oxidation sites excluding steroid dienone is 2. The summed E-state index contributed by atoms with van der Waals surface area (Å²) in [6, 6.07) is 17.4. The van der Waals surface area contributed by atoms with Gasteiger partial charge < -0.3 is 9.64 Å². The maximum atomic E-state index is 12.2. The molecule has 0 aliphatic carbocycles. The maximum absolute atomic E-state index is 12.2. The Kier molecular flexibility index (Phi) is 6.47. The summed E-state index contributed by atoms with van der Waals surface area (Å²) in [7, 11) is 0. The minimum atomic E-state index is -0.433. The minimum absolute atomic E-state index is 0.113. The molecule has 1 heterocycles. The van der Waals surface area contributed by atoms with Crippen LogP contribution in [0.4, 0.5) is 10.5 Å². The van der Waals surface area contributed by atoms with Gasteiger partial charge in [0.1, 0.15) is 5.75 Å². The second-order valence-corrected chi connectivity index (χ2v) is 6.37. The average molecular weight is 372 g/mol. The zero-order chi connectivity index (χ0) is 19.8. The summed E-state index contributed by atoms with van der Waals surface area (Å²) < 4.78 is 5.35. The monoisotopic (exact) mass is 372 g/mol. The average Bonchev–Trinajstić information content (AvgIpc) is 2.74. The lowest BCUT2D eigenvalue weighted by atomic mass is 9.97. The summed E-state index contributed by atoms with van der Waals surface area (Å²) in [6.45, 7) is 9.16. The van der Waals surface area contributed by atoms with Crippen LogP contribution in [0.1, 0.15) is 11.5 Å². The van der Waals surface area contributed by atoms with Crippen LogP contribution in [0.5, 0.6) is 5.75 Å². The molecule has 0 spiro atoms. The molecule has 0 atom stereocenters. The largest absolute Gasteiger partial charge is 0.423 e. The van der Waals surface area contributed by atoms with Crippen LogP contribution in [0.15, 0.2) is 104 Å². The quantitative estimate of drug-likeness (QED) is 0.603. The fraction of sp³-hybridized carbons (Fsp3) is 0.125. The van der Waals surface area contributed by atoms with Gasteiger partial charge in [0.2, 0.25) is 0 Å². The molecule has 3 rings (SSSR count). The number of anilines is 1. The number of nitrogens with zero attached hydrogens (tertiary/aromatic N) is 2. The second kappa shape index (κ2) is 9.42. The molecule has 0 unspecified atom stereocenters. The van der Waals surface area contributed by atoms with E-state index in [1.807, 2.05) is 42.5 Å². The first kappa shape index (κ1) is 19.2. The number of para-hydroxylation sites is 1. The normalized spacial score (nSPS) is 13.2. The van der Waals surface area contributed by atoms with E-state index in [0.29, 0.717) is 5.75 Å². The van der Waals surface area contributed by atoms with Gasteiger partial charge in [-0.2, -0.15) is 0 Å². The highest BCUT2D eigenvalue weighted by Gasteiger charge is 2.16. The van der Waals surface area contributed by atoms with Crippen LogP contribution in [0.3, 0.4) is 0 Å². The van der Waals surface area contributed by atoms with Crippen LogP contribution in [0.2, 0.25) is 0 Å². The number of benzene rings is 2. The van der Waals surface area contributed by atoms with Crippen LogP contribution < -0.4 is 9.64 Å². The van der Waals surface area contributed by atoms with Gasteiger partial charge in [0, 0.05) is 37.1 Å². The van der Waals surface area contributed by atoms with Crippen molar-refractivity contribution in [3.63, 3.8) is 0 Å². The lowest BCUT2D eigenvalue weighted by Crippen LogP contribution is -2.25. The van der Waals surface area contributed by atoms with Crippen molar-refractivity contribution in [2.45, 2.75) is 5.92 Å². The number of ether oxygens (including phenoxy) is 1. The molecule has 0 saturated carbocycles. The molecule has 0 fully saturated rings. The van der Waals surface area contributed by atoms with Gasteiger partial charge in [-0.05, 0) is 29.8 Å². The lowest BCUT2D eigenvalue weighted by molar-refractivity contribution is 0.181. The highest BCUT2D eigenvalue weighted by molar-refractivity contribution is 5.73. The number of carbonyl (C=O) groups excluding carboxylic acids is 1. The Balaban J connectivity index is 1.63. The van der Waals surface area contributed by atoms with E-state index in [1.165, 1.54) is 4.90 Å². The molecule has 0 radical (unpaired) electrons. The molecule has 0 N–H and O–H groups in total. The van der Waals surface area contributed by atoms with Crippen molar-refractivity contribution >= 4 is 11.8 Å². The Morgan fingerprint density at radius 3 is 2.14 bits per heavy atom. The van der Waals surface area contributed by atoms with Crippen LogP contribution in [-0.2, 0) is 0 Å². The van der Waals surface area contributed by atoms with Gasteiger partial charge in [0.05, 0.1) is 0 Å². The van der Waals surface area contributed by atoms with Crippen molar-refractivity contribution in [2.24, 2.45) is 0 Å². The Morgan fingerprint density at radius 2 is 1.57 bits per heavy atom. The summed E-state index contributed by atoms with van der Waals surface area (Å²) in [6.07, 6.45) is 10.8. The van der Waals surface area contributed by atoms with Crippen molar-refractivity contribution in [3.8, 4) is 5.75 Å². The topological polar surface area (TPSA) is 32.8 Å². The number of hydrogen-bond acceptors (Lipinski definition) is 3. The molecule has 4 heteroatoms. The van der Waals surface area contributed by atoms with E-state index in [2.05, 4.69) is 42.3 Å². The summed E-state index contributed by atoms with van der Waals surface area (Å²) >= 11 is 0. The molecule has 2 aromatic rings. The predicted molar refractivity (Wildman–Crippen MR) is 114 cm³/mol. The Labute approximate surface area is 166 Å². The zero-order valence-electron chi connectivity index (χ0n) is 15.8. The number of rotatable bonds is 7. The van der Waals surface area contributed by atoms with Crippen LogP contribution in [-0.4, -0.2) is 24.1 Å². The highest BCUT2D eigenvalue weighted by atomic mass is 16.6. The molecular formula is C24H24N2O2. The van der Waals surface area contributed by atoms with E-state index < -0.39 is 6.09 Å². The number of amides is 1. The predicted octanol–water partition coefficient (Wildman–Crippen LogP) is 5.49. The Morgan fingerprint density at radius 1 is 0.964 bits per heavy atom. The van der Waals surface area contributed by atoms with Crippen molar-refractivity contribution in [1.82, 2.24) is 4.90 Å². The molecule has 0 bridgehead atoms. The van der Waals surface area contributed by atoms with E-state index in [9.17, 15) is 4.79 Å². The van der Waals surface area contributed by atoms with E-state index in [0.717, 1.165) is 24.3 Å². The molecule has 1 aliphatic rings. The third kappa shape index (κ3) is 4.80. The van der Waals surface area contributed by atoms with Gasteiger partial charge in [-0.25, -0.2) is 4.79 Å². The highest BCUT2D eigenvalue weighted by Crippen LogP contribution is 2.26. The van der Waals surface area contributed by atoms with Gasteiger partial charge in [-0.1, -0.05) is 54.6 Å². The molecule has 4 nitrogen and oxygen atoms in total. The molecule has 142 valence electrons. The zero-order valence-corrected chi connectivity index (χ0v) is 15.8. The van der Waals surface area contributed by atoms with Crippen LogP contribution in [0, 0.1) is 0 Å². The third-order valence-corrected chi connectivity index (χ3v) is 4.41. The third-order valence-electron chi connectivity index (χ3n) is 4.41. The van der Waals surface area contributed by atoms with Crippen molar-refractivity contribution in [3.05, 3.63) is 110 Å². The summed E-state index contributed by atoms with van der Waals surface area (Å²) in [5.41, 5.74) is 2.28. The van der Waals surface area contributed by atoms with Crippen LogP contribution in [0.25, 0.3) is 0 Å². The SMILES string of the molecule is C=CCN(CC=C)c1ccc(C2C=CN(C(=O)Oc3ccccc3)C=C2)cc1. The summed E-state index contributed by atoms with van der Waals surface area (Å²) in [5, 5.41) is 0. The summed E-state index contributed by atoms with van der Waals surface area (Å²) in [5.74, 6) is 0.637. The van der Waals surface area contributed by atoms with Gasteiger partial charge in [0.25, 0.3) is 0 Å². The fourth-order valence-electron chi connectivity index (χ4n) is 2.98. The fourth-order valence-corrected chi connectivity index (χ4v) is 2.98. The summed E-state index contributed by atoms with van der Waals surface area (Å²) in [4.78, 5) is 15.9. The minimum Gasteiger partial charge on any atom is -0.410 e. The van der Waals surface area contributed by atoms with Crippen molar-refractivity contribution in [1.29, 1.82) is 0 Å². The van der Waals surface area contributed by atoms with E-state index in [1.54, 1.807) is 24.5 Å². The Hall–Kier alpha value is -3.53. The first-order valence-electron chi connectivity index (χ1n) is 9.20. The number of hydrogen-bond donors (Lipinski definition) is 0. The molecule has 0 aromatic heterocycles. The van der Waals surface area contributed by atoms with Gasteiger partial charge in [-0.3, -0.25) is 4.90 Å². The van der Waals surface area contributed by atoms with Gasteiger partial charge in [0.15, 0.2) is 0 Å². The van der Waals surface area contributed by atoms with Crippen LogP contribution >= 0.6 is 0 Å². The molecule has 2 aromatic carbocycles. The van der Waals surface area contributed by atoms with E-state index >= 15 is 0 Å². The molecule has 1 aliphatic heterocycles. The first-order valence-corrected chi connectivity index (χ1v) is 9.20. The van der Waals surface area contributed by atoms with Crippen molar-refractivity contribution < 1.29 is 9.53 Å². The van der Waals surface area contributed by atoms with E-state index in [4.69, 9.17) is 4.74 Å². The second-order valence-electron chi connectivity index (χ2n) is 6.37. The number of carbonyl (C=O) groups is 1. The van der Waals surface area contributed by atoms with Gasteiger partial charge in [-0.15, -0.1) is 13.2 Å². The molecule has 1 amide bonds. The maximum Gasteiger partial charge on any atom is 0.423 e. The molecular weight excluding hydrogens is 348 g/mol. The van der Waals surface area contributed by atoms with Gasteiger partial charge >= 0.3 is 6.09 Å². The first-order chi connectivity index (χ1) is 13.7.